The lowest BCUT2D eigenvalue weighted by atomic mass is 10.2. The number of nitrogens with zero attached hydrogens (tertiary/aromatic N) is 1. The van der Waals surface area contributed by atoms with Crippen LogP contribution in [-0.2, 0) is 4.74 Å². The quantitative estimate of drug-likeness (QED) is 0.358. The van der Waals surface area contributed by atoms with Gasteiger partial charge in [0.25, 0.3) is 5.91 Å². The third-order valence-electron chi connectivity index (χ3n) is 2.43. The van der Waals surface area contributed by atoms with E-state index in [1.807, 2.05) is 18.2 Å². The van der Waals surface area contributed by atoms with Crippen LogP contribution in [0.1, 0.15) is 10.4 Å². The molecule has 5 nitrogen and oxygen atoms in total. The summed E-state index contributed by atoms with van der Waals surface area (Å²) in [5, 5.41) is 0. The van der Waals surface area contributed by atoms with Crippen molar-refractivity contribution < 1.29 is 9.53 Å². The number of morpholine rings is 1. The lowest BCUT2D eigenvalue weighted by Crippen LogP contribution is -2.31. The SMILES string of the molecule is NNC(=O)c1cccc(SN2CCOCC2)c1. The maximum absolute atomic E-state index is 11.4. The van der Waals surface area contributed by atoms with Gasteiger partial charge in [0.2, 0.25) is 0 Å². The van der Waals surface area contributed by atoms with Crippen molar-refractivity contribution in [1.82, 2.24) is 9.73 Å². The van der Waals surface area contributed by atoms with Crippen molar-refractivity contribution in [2.75, 3.05) is 26.3 Å². The Morgan fingerprint density at radius 2 is 2.18 bits per heavy atom. The Bertz CT molecular complexity index is 394. The minimum atomic E-state index is -0.269. The van der Waals surface area contributed by atoms with Crippen LogP contribution in [-0.4, -0.2) is 36.5 Å². The average molecular weight is 253 g/mol. The third-order valence-corrected chi connectivity index (χ3v) is 3.52. The van der Waals surface area contributed by atoms with Gasteiger partial charge in [-0.2, -0.15) is 0 Å². The van der Waals surface area contributed by atoms with E-state index in [2.05, 4.69) is 9.73 Å². The predicted molar refractivity (Wildman–Crippen MR) is 66.3 cm³/mol. The van der Waals surface area contributed by atoms with Gasteiger partial charge in [0.15, 0.2) is 0 Å². The number of hydrogen-bond donors (Lipinski definition) is 2. The molecule has 0 atom stereocenters. The Hall–Kier alpha value is -1.08. The molecule has 1 saturated heterocycles. The van der Waals surface area contributed by atoms with Crippen LogP contribution in [0, 0.1) is 0 Å². The number of nitrogens with one attached hydrogen (secondary N) is 1. The molecule has 92 valence electrons. The number of hydrogen-bond acceptors (Lipinski definition) is 5. The molecule has 1 fully saturated rings. The Kier molecular flexibility index (Phi) is 4.38. The normalized spacial score (nSPS) is 16.8. The molecule has 0 aromatic heterocycles. The summed E-state index contributed by atoms with van der Waals surface area (Å²) in [4.78, 5) is 12.4. The predicted octanol–water partition coefficient (Wildman–Crippen LogP) is 0.629. The zero-order valence-corrected chi connectivity index (χ0v) is 10.2. The van der Waals surface area contributed by atoms with E-state index in [1.165, 1.54) is 0 Å². The zero-order valence-electron chi connectivity index (χ0n) is 9.39. The van der Waals surface area contributed by atoms with Gasteiger partial charge in [-0.05, 0) is 30.1 Å². The van der Waals surface area contributed by atoms with Crippen molar-refractivity contribution in [3.05, 3.63) is 29.8 Å². The number of hydrazine groups is 1. The smallest absolute Gasteiger partial charge is 0.265 e. The number of carbonyl (C=O) groups is 1. The topological polar surface area (TPSA) is 67.6 Å². The number of benzene rings is 1. The van der Waals surface area contributed by atoms with Gasteiger partial charge in [-0.15, -0.1) is 0 Å². The van der Waals surface area contributed by atoms with Crippen LogP contribution in [0.3, 0.4) is 0 Å². The van der Waals surface area contributed by atoms with E-state index in [9.17, 15) is 4.79 Å². The first-order valence-electron chi connectivity index (χ1n) is 5.41. The number of ether oxygens (including phenoxy) is 1. The third kappa shape index (κ3) is 3.44. The second kappa shape index (κ2) is 6.02. The fraction of sp³-hybridized carbons (Fsp3) is 0.364. The van der Waals surface area contributed by atoms with E-state index < -0.39 is 0 Å². The highest BCUT2D eigenvalue weighted by molar-refractivity contribution is 7.97. The first-order chi connectivity index (χ1) is 8.29. The maximum atomic E-state index is 11.4. The minimum Gasteiger partial charge on any atom is -0.379 e. The summed E-state index contributed by atoms with van der Waals surface area (Å²) in [5.74, 6) is 4.84. The summed E-state index contributed by atoms with van der Waals surface area (Å²) >= 11 is 1.64. The molecular weight excluding hydrogens is 238 g/mol. The molecule has 1 aromatic carbocycles. The molecule has 1 aromatic rings. The molecule has 0 bridgehead atoms. The molecule has 1 aliphatic heterocycles. The van der Waals surface area contributed by atoms with Crippen molar-refractivity contribution in [3.8, 4) is 0 Å². The summed E-state index contributed by atoms with van der Waals surface area (Å²) in [7, 11) is 0. The molecule has 17 heavy (non-hydrogen) atoms. The Labute approximate surface area is 104 Å². The molecule has 0 unspecified atom stereocenters. The zero-order chi connectivity index (χ0) is 12.1. The van der Waals surface area contributed by atoms with Crippen LogP contribution < -0.4 is 11.3 Å². The Balaban J connectivity index is 2.02. The summed E-state index contributed by atoms with van der Waals surface area (Å²) in [5.41, 5.74) is 2.71. The standard InChI is InChI=1S/C11H15N3O2S/c12-13-11(15)9-2-1-3-10(8-9)17-14-4-6-16-7-5-14/h1-3,8H,4-7,12H2,(H,13,15). The van der Waals surface area contributed by atoms with E-state index >= 15 is 0 Å². The minimum absolute atomic E-state index is 0.269. The second-order valence-electron chi connectivity index (χ2n) is 3.63. The van der Waals surface area contributed by atoms with Gasteiger partial charge in [-0.3, -0.25) is 10.2 Å². The highest BCUT2D eigenvalue weighted by Crippen LogP contribution is 2.24. The van der Waals surface area contributed by atoms with Crippen molar-refractivity contribution >= 4 is 17.9 Å². The molecule has 1 amide bonds. The van der Waals surface area contributed by atoms with Crippen LogP contribution >= 0.6 is 11.9 Å². The highest BCUT2D eigenvalue weighted by atomic mass is 32.2. The molecule has 6 heteroatoms. The molecule has 0 spiro atoms. The number of amides is 1. The van der Waals surface area contributed by atoms with Crippen molar-refractivity contribution in [3.63, 3.8) is 0 Å². The molecule has 2 rings (SSSR count). The molecule has 1 heterocycles. The van der Waals surface area contributed by atoms with Gasteiger partial charge in [0.05, 0.1) is 13.2 Å². The number of nitrogens with two attached hydrogens (primary N) is 1. The first kappa shape index (κ1) is 12.4. The number of rotatable bonds is 3. The lowest BCUT2D eigenvalue weighted by Gasteiger charge is -2.25. The van der Waals surface area contributed by atoms with E-state index in [-0.39, 0.29) is 5.91 Å². The Morgan fingerprint density at radius 1 is 1.41 bits per heavy atom. The summed E-state index contributed by atoms with van der Waals surface area (Å²) in [6.45, 7) is 3.32. The van der Waals surface area contributed by atoms with Crippen LogP contribution in [0.2, 0.25) is 0 Å². The molecule has 3 N–H and O–H groups in total. The highest BCUT2D eigenvalue weighted by Gasteiger charge is 2.12. The van der Waals surface area contributed by atoms with Crippen LogP contribution in [0.25, 0.3) is 0 Å². The Morgan fingerprint density at radius 3 is 2.88 bits per heavy atom. The van der Waals surface area contributed by atoms with Crippen LogP contribution in [0.5, 0.6) is 0 Å². The van der Waals surface area contributed by atoms with E-state index in [0.29, 0.717) is 5.56 Å². The fourth-order valence-corrected chi connectivity index (χ4v) is 2.51. The number of nitrogen functional groups attached to an aromatic ring is 1. The number of carbonyl (C=O) groups excluding carboxylic acids is 1. The van der Waals surface area contributed by atoms with Gasteiger partial charge < -0.3 is 4.74 Å². The summed E-state index contributed by atoms with van der Waals surface area (Å²) < 4.78 is 7.51. The van der Waals surface area contributed by atoms with Gasteiger partial charge in [-0.25, -0.2) is 10.1 Å². The van der Waals surface area contributed by atoms with E-state index in [4.69, 9.17) is 10.6 Å². The molecule has 1 aliphatic rings. The largest absolute Gasteiger partial charge is 0.379 e. The van der Waals surface area contributed by atoms with Gasteiger partial charge in [0.1, 0.15) is 0 Å². The van der Waals surface area contributed by atoms with Gasteiger partial charge in [0, 0.05) is 23.5 Å². The first-order valence-corrected chi connectivity index (χ1v) is 6.18. The van der Waals surface area contributed by atoms with Crippen molar-refractivity contribution in [1.29, 1.82) is 0 Å². The van der Waals surface area contributed by atoms with Crippen molar-refractivity contribution in [2.24, 2.45) is 5.84 Å². The monoisotopic (exact) mass is 253 g/mol. The molecular formula is C11H15N3O2S. The second-order valence-corrected chi connectivity index (χ2v) is 4.80. The molecule has 0 saturated carbocycles. The van der Waals surface area contributed by atoms with E-state index in [1.54, 1.807) is 18.0 Å². The van der Waals surface area contributed by atoms with Gasteiger partial charge in [-0.1, -0.05) is 6.07 Å². The average Bonchev–Trinajstić information content (AvgIpc) is 2.39. The maximum Gasteiger partial charge on any atom is 0.265 e. The fourth-order valence-electron chi connectivity index (χ4n) is 1.56. The van der Waals surface area contributed by atoms with Gasteiger partial charge >= 0.3 is 0 Å². The lowest BCUT2D eigenvalue weighted by molar-refractivity contribution is 0.0773. The van der Waals surface area contributed by atoms with Crippen LogP contribution in [0.15, 0.2) is 29.2 Å². The van der Waals surface area contributed by atoms with E-state index in [0.717, 1.165) is 31.2 Å². The van der Waals surface area contributed by atoms with Crippen LogP contribution in [0.4, 0.5) is 0 Å². The summed E-state index contributed by atoms with van der Waals surface area (Å²) in [6, 6.07) is 7.41. The molecule has 0 aliphatic carbocycles. The molecule has 0 radical (unpaired) electrons. The van der Waals surface area contributed by atoms with Crippen molar-refractivity contribution in [2.45, 2.75) is 4.90 Å². The summed E-state index contributed by atoms with van der Waals surface area (Å²) in [6.07, 6.45) is 0.